The second-order valence-corrected chi connectivity index (χ2v) is 8.63. The molecule has 2 heteroatoms. The molecular weight excluding hydrogens is 306 g/mol. The van der Waals surface area contributed by atoms with Crippen LogP contribution in [0.1, 0.15) is 68.1 Å². The number of hydrogen-bond donors (Lipinski definition) is 0. The third-order valence-electron chi connectivity index (χ3n) is 4.79. The molecule has 0 saturated carbocycles. The summed E-state index contributed by atoms with van der Waals surface area (Å²) in [6, 6.07) is 16.3. The lowest BCUT2D eigenvalue weighted by molar-refractivity contribution is 0.100. The summed E-state index contributed by atoms with van der Waals surface area (Å²) in [5.74, 6) is 0.131. The monoisotopic (exact) mass is 333 g/mol. The second kappa shape index (κ2) is 6.25. The van der Waals surface area contributed by atoms with E-state index in [1.165, 1.54) is 11.1 Å². The number of carbonyl (C=O) groups excluding carboxylic acids is 1. The zero-order chi connectivity index (χ0) is 18.2. The van der Waals surface area contributed by atoms with Crippen LogP contribution >= 0.6 is 0 Å². The zero-order valence-electron chi connectivity index (χ0n) is 15.9. The summed E-state index contributed by atoms with van der Waals surface area (Å²) in [5.41, 5.74) is 5.27. The molecule has 0 bridgehead atoms. The molecular formula is C23H27NO. The summed E-state index contributed by atoms with van der Waals surface area (Å²) in [6.45, 7) is 10.8. The Morgan fingerprint density at radius 2 is 1.68 bits per heavy atom. The van der Waals surface area contributed by atoms with Gasteiger partial charge in [0.1, 0.15) is 0 Å². The van der Waals surface area contributed by atoms with Gasteiger partial charge in [0.2, 0.25) is 0 Å². The van der Waals surface area contributed by atoms with Gasteiger partial charge in [-0.05, 0) is 42.4 Å². The Hall–Kier alpha value is -2.22. The van der Waals surface area contributed by atoms with Crippen LogP contribution in [-0.2, 0) is 11.8 Å². The quantitative estimate of drug-likeness (QED) is 0.693. The highest BCUT2D eigenvalue weighted by Gasteiger charge is 2.27. The molecule has 0 unspecified atom stereocenters. The Balaban J connectivity index is 1.86. The summed E-state index contributed by atoms with van der Waals surface area (Å²) >= 11 is 0. The molecule has 0 fully saturated rings. The van der Waals surface area contributed by atoms with Crippen molar-refractivity contribution in [1.29, 1.82) is 0 Å². The molecule has 0 atom stereocenters. The fourth-order valence-electron chi connectivity index (χ4n) is 3.43. The highest BCUT2D eigenvalue weighted by molar-refractivity contribution is 6.16. The molecule has 1 heterocycles. The molecule has 3 rings (SSSR count). The van der Waals surface area contributed by atoms with Crippen LogP contribution in [0.4, 0.5) is 0 Å². The summed E-state index contributed by atoms with van der Waals surface area (Å²) in [6.07, 6.45) is 1.27. The predicted octanol–water partition coefficient (Wildman–Crippen LogP) is 5.38. The minimum absolute atomic E-state index is 0.0952. The average Bonchev–Trinajstić information content (AvgIpc) is 2.53. The van der Waals surface area contributed by atoms with Gasteiger partial charge in [0.25, 0.3) is 0 Å². The van der Waals surface area contributed by atoms with E-state index in [9.17, 15) is 4.79 Å². The van der Waals surface area contributed by atoms with Crippen LogP contribution < -0.4 is 0 Å². The van der Waals surface area contributed by atoms with Crippen LogP contribution in [0, 0.1) is 0 Å². The van der Waals surface area contributed by atoms with E-state index < -0.39 is 0 Å². The van der Waals surface area contributed by atoms with Crippen molar-refractivity contribution in [2.45, 2.75) is 58.4 Å². The smallest absolute Gasteiger partial charge is 0.168 e. The summed E-state index contributed by atoms with van der Waals surface area (Å²) < 4.78 is 0. The molecule has 0 N–H and O–H groups in total. The number of aliphatic imine (C=N–C) groups is 1. The van der Waals surface area contributed by atoms with E-state index in [1.54, 1.807) is 0 Å². The number of carbonyl (C=O) groups is 1. The first-order valence-electron chi connectivity index (χ1n) is 8.96. The van der Waals surface area contributed by atoms with Crippen molar-refractivity contribution in [3.63, 3.8) is 0 Å². The van der Waals surface area contributed by atoms with Gasteiger partial charge in [-0.2, -0.15) is 0 Å². The fraction of sp³-hybridized carbons (Fsp3) is 0.391. The number of fused-ring (bicyclic) bond motifs is 1. The minimum atomic E-state index is -0.153. The molecule has 0 aromatic heterocycles. The van der Waals surface area contributed by atoms with Crippen LogP contribution in [0.3, 0.4) is 0 Å². The van der Waals surface area contributed by atoms with E-state index in [1.807, 2.05) is 18.2 Å². The van der Waals surface area contributed by atoms with E-state index in [2.05, 4.69) is 65.0 Å². The van der Waals surface area contributed by atoms with Crippen LogP contribution in [-0.4, -0.2) is 17.0 Å². The normalized spacial score (nSPS) is 16.1. The van der Waals surface area contributed by atoms with Crippen molar-refractivity contribution < 1.29 is 4.79 Å². The van der Waals surface area contributed by atoms with Crippen molar-refractivity contribution in [2.75, 3.05) is 0 Å². The fourth-order valence-corrected chi connectivity index (χ4v) is 3.43. The van der Waals surface area contributed by atoms with Gasteiger partial charge in [0, 0.05) is 5.56 Å². The number of nitrogens with zero attached hydrogens (tertiary/aromatic N) is 1. The zero-order valence-corrected chi connectivity index (χ0v) is 15.9. The Kier molecular flexibility index (Phi) is 4.40. The van der Waals surface area contributed by atoms with E-state index in [0.717, 1.165) is 23.3 Å². The highest BCUT2D eigenvalue weighted by atomic mass is 16.1. The first-order chi connectivity index (χ1) is 11.7. The topological polar surface area (TPSA) is 29.4 Å². The molecule has 1 aliphatic heterocycles. The molecule has 25 heavy (non-hydrogen) atoms. The van der Waals surface area contributed by atoms with Gasteiger partial charge < -0.3 is 0 Å². The van der Waals surface area contributed by atoms with Crippen molar-refractivity contribution in [3.8, 4) is 0 Å². The predicted molar refractivity (Wildman–Crippen MR) is 105 cm³/mol. The van der Waals surface area contributed by atoms with Crippen molar-refractivity contribution in [2.24, 2.45) is 4.99 Å². The third-order valence-corrected chi connectivity index (χ3v) is 4.79. The summed E-state index contributed by atoms with van der Waals surface area (Å²) in [5, 5.41) is 0. The van der Waals surface area contributed by atoms with Gasteiger partial charge >= 0.3 is 0 Å². The number of rotatable bonds is 3. The van der Waals surface area contributed by atoms with Crippen molar-refractivity contribution in [3.05, 3.63) is 70.8 Å². The minimum Gasteiger partial charge on any atom is -0.294 e. The Morgan fingerprint density at radius 1 is 1.04 bits per heavy atom. The molecule has 2 nitrogen and oxygen atoms in total. The summed E-state index contributed by atoms with van der Waals surface area (Å²) in [7, 11) is 0. The molecule has 0 spiro atoms. The van der Waals surface area contributed by atoms with Gasteiger partial charge in [0.05, 0.1) is 17.7 Å². The van der Waals surface area contributed by atoms with Crippen molar-refractivity contribution in [1.82, 2.24) is 0 Å². The third kappa shape index (κ3) is 3.89. The second-order valence-electron chi connectivity index (χ2n) is 8.63. The van der Waals surface area contributed by atoms with Gasteiger partial charge in [-0.15, -0.1) is 0 Å². The Morgan fingerprint density at radius 3 is 2.32 bits per heavy atom. The lowest BCUT2D eigenvalue weighted by Crippen LogP contribution is -2.30. The number of hydrogen-bond acceptors (Lipinski definition) is 2. The molecule has 2 aromatic rings. The molecule has 1 aliphatic rings. The van der Waals surface area contributed by atoms with Crippen LogP contribution in [0.5, 0.6) is 0 Å². The molecule has 0 radical (unpaired) electrons. The Bertz CT molecular complexity index is 820. The lowest BCUT2D eigenvalue weighted by Gasteiger charge is -2.29. The standard InChI is InChI=1S/C23H27NO/c1-22(2,3)18-12-10-16(11-13-18)21(25)14-20-19-9-7-6-8-17(19)15-23(4,5)24-20/h6-13H,14-15H2,1-5H3. The largest absolute Gasteiger partial charge is 0.294 e. The van der Waals surface area contributed by atoms with E-state index >= 15 is 0 Å². The molecule has 0 saturated heterocycles. The highest BCUT2D eigenvalue weighted by Crippen LogP contribution is 2.28. The van der Waals surface area contributed by atoms with Crippen LogP contribution in [0.25, 0.3) is 0 Å². The maximum absolute atomic E-state index is 12.8. The number of benzene rings is 2. The number of ketones is 1. The average molecular weight is 333 g/mol. The van der Waals surface area contributed by atoms with Crippen LogP contribution in [0.15, 0.2) is 53.5 Å². The van der Waals surface area contributed by atoms with E-state index in [4.69, 9.17) is 4.99 Å². The van der Waals surface area contributed by atoms with Crippen LogP contribution in [0.2, 0.25) is 0 Å². The maximum Gasteiger partial charge on any atom is 0.168 e. The van der Waals surface area contributed by atoms with Crippen molar-refractivity contribution >= 4 is 11.5 Å². The first-order valence-corrected chi connectivity index (χ1v) is 8.96. The molecule has 2 aromatic carbocycles. The molecule has 130 valence electrons. The Labute approximate surface area is 151 Å². The maximum atomic E-state index is 12.8. The SMILES string of the molecule is CC1(C)Cc2ccccc2C(CC(=O)c2ccc(C(C)(C)C)cc2)=N1. The van der Waals surface area contributed by atoms with Gasteiger partial charge in [-0.1, -0.05) is 69.3 Å². The van der Waals surface area contributed by atoms with E-state index in [-0.39, 0.29) is 16.7 Å². The lowest BCUT2D eigenvalue weighted by atomic mass is 9.84. The number of Topliss-reactive ketones (excluding diaryl/α,β-unsaturated/α-hetero) is 1. The summed E-state index contributed by atoms with van der Waals surface area (Å²) in [4.78, 5) is 17.7. The molecule has 0 aliphatic carbocycles. The van der Waals surface area contributed by atoms with Gasteiger partial charge in [0.15, 0.2) is 5.78 Å². The molecule has 0 amide bonds. The van der Waals surface area contributed by atoms with Gasteiger partial charge in [-0.25, -0.2) is 0 Å². The van der Waals surface area contributed by atoms with E-state index in [0.29, 0.717) is 6.42 Å². The van der Waals surface area contributed by atoms with Gasteiger partial charge in [-0.3, -0.25) is 9.79 Å². The first kappa shape index (κ1) is 17.6.